The number of hydrogen-bond donors (Lipinski definition) is 0. The molecule has 0 fully saturated rings. The van der Waals surface area contributed by atoms with Crippen LogP contribution in [0.25, 0.3) is 23.0 Å². The third kappa shape index (κ3) is 6.34. The van der Waals surface area contributed by atoms with E-state index in [1.54, 1.807) is 35.7 Å². The Bertz CT molecular complexity index is 1710. The lowest BCUT2D eigenvalue weighted by atomic mass is 10.2. The zero-order valence-corrected chi connectivity index (χ0v) is 26.3. The number of rotatable bonds is 9. The van der Waals surface area contributed by atoms with Gasteiger partial charge in [-0.2, -0.15) is 0 Å². The van der Waals surface area contributed by atoms with Crippen molar-refractivity contribution in [3.05, 3.63) is 128 Å². The van der Waals surface area contributed by atoms with Crippen LogP contribution >= 0.6 is 69.9 Å². The number of halogens is 4. The summed E-state index contributed by atoms with van der Waals surface area (Å²) in [4.78, 5) is 0. The predicted molar refractivity (Wildman–Crippen MR) is 174 cm³/mol. The van der Waals surface area contributed by atoms with Crippen LogP contribution < -0.4 is 0 Å². The van der Waals surface area contributed by atoms with E-state index in [0.717, 1.165) is 22.5 Å². The van der Waals surface area contributed by atoms with E-state index in [1.165, 1.54) is 0 Å². The monoisotopic (exact) mass is 668 g/mol. The first-order valence-corrected chi connectivity index (χ1v) is 16.1. The second-order valence-corrected chi connectivity index (χ2v) is 12.5. The second-order valence-electron chi connectivity index (χ2n) is 9.03. The van der Waals surface area contributed by atoms with E-state index in [1.807, 2.05) is 94.1 Å². The summed E-state index contributed by atoms with van der Waals surface area (Å²) >= 11 is 27.8. The van der Waals surface area contributed by atoms with Gasteiger partial charge < -0.3 is 0 Å². The Kier molecular flexibility index (Phi) is 9.09. The molecule has 0 aliphatic rings. The first kappa shape index (κ1) is 29.1. The van der Waals surface area contributed by atoms with Gasteiger partial charge in [0, 0.05) is 22.9 Å². The molecular weight excluding hydrogens is 650 g/mol. The van der Waals surface area contributed by atoms with Gasteiger partial charge in [0.05, 0.1) is 20.1 Å². The highest BCUT2D eigenvalue weighted by Gasteiger charge is 2.24. The molecule has 12 heteroatoms. The van der Waals surface area contributed by atoms with Crippen LogP contribution in [0.2, 0.25) is 20.1 Å². The van der Waals surface area contributed by atoms with Crippen molar-refractivity contribution in [3.8, 4) is 23.0 Å². The van der Waals surface area contributed by atoms with Crippen molar-refractivity contribution < 1.29 is 0 Å². The maximum Gasteiger partial charge on any atom is 0.207 e. The summed E-state index contributed by atoms with van der Waals surface area (Å²) < 4.78 is 4.00. The number of hydrogen-bond acceptors (Lipinski definition) is 6. The molecule has 0 unspecified atom stereocenters. The van der Waals surface area contributed by atoms with Gasteiger partial charge in [-0.25, -0.2) is 0 Å². The van der Waals surface area contributed by atoms with Gasteiger partial charge in [0.2, 0.25) is 11.6 Å². The summed E-state index contributed by atoms with van der Waals surface area (Å²) in [7, 11) is 0. The molecule has 0 atom stereocenters. The lowest BCUT2D eigenvalue weighted by Gasteiger charge is -2.13. The molecule has 6 rings (SSSR count). The van der Waals surface area contributed by atoms with Crippen LogP contribution in [0.3, 0.4) is 0 Å². The van der Waals surface area contributed by atoms with Crippen molar-refractivity contribution in [1.29, 1.82) is 0 Å². The van der Waals surface area contributed by atoms with E-state index < -0.39 is 0 Å². The van der Waals surface area contributed by atoms with Crippen LogP contribution in [0.5, 0.6) is 0 Å². The molecule has 0 amide bonds. The summed E-state index contributed by atoms with van der Waals surface area (Å²) in [6, 6.07) is 31.1. The van der Waals surface area contributed by atoms with Crippen LogP contribution in [0, 0.1) is 0 Å². The highest BCUT2D eigenvalue weighted by molar-refractivity contribution is 7.98. The van der Waals surface area contributed by atoms with E-state index in [-0.39, 0.29) is 0 Å². The Morgan fingerprint density at radius 1 is 0.476 bits per heavy atom. The summed E-state index contributed by atoms with van der Waals surface area (Å²) in [5.74, 6) is 2.38. The van der Waals surface area contributed by atoms with Gasteiger partial charge in [-0.15, -0.1) is 20.4 Å². The third-order valence-electron chi connectivity index (χ3n) is 6.20. The summed E-state index contributed by atoms with van der Waals surface area (Å²) in [5, 5.41) is 21.9. The SMILES string of the molecule is Clc1ccc(CSc2nnc(-c3nnc(SCc4ccc(Cl)c(Cl)c4)n3-c3ccccc3)n2-c2ccccc2)cc1Cl. The summed E-state index contributed by atoms with van der Waals surface area (Å²) in [6.07, 6.45) is 0. The van der Waals surface area contributed by atoms with Gasteiger partial charge in [0.25, 0.3) is 0 Å². The van der Waals surface area contributed by atoms with Crippen LogP contribution in [0.4, 0.5) is 0 Å². The molecule has 6 nitrogen and oxygen atoms in total. The summed E-state index contributed by atoms with van der Waals surface area (Å²) in [6.45, 7) is 0. The normalized spacial score (nSPS) is 11.2. The van der Waals surface area contributed by atoms with Crippen molar-refractivity contribution >= 4 is 69.9 Å². The average molecular weight is 670 g/mol. The second kappa shape index (κ2) is 13.1. The molecule has 0 radical (unpaired) electrons. The van der Waals surface area contributed by atoms with Crippen LogP contribution in [-0.2, 0) is 11.5 Å². The highest BCUT2D eigenvalue weighted by atomic mass is 35.5. The van der Waals surface area contributed by atoms with E-state index in [2.05, 4.69) is 20.4 Å². The Morgan fingerprint density at radius 2 is 0.881 bits per heavy atom. The minimum Gasteiger partial charge on any atom is -0.267 e. The highest BCUT2D eigenvalue weighted by Crippen LogP contribution is 2.34. The Balaban J connectivity index is 1.40. The maximum atomic E-state index is 6.26. The zero-order valence-electron chi connectivity index (χ0n) is 21.7. The van der Waals surface area contributed by atoms with Crippen molar-refractivity contribution in [2.24, 2.45) is 0 Å². The van der Waals surface area contributed by atoms with E-state index in [4.69, 9.17) is 46.4 Å². The van der Waals surface area contributed by atoms with Gasteiger partial charge in [-0.05, 0) is 59.7 Å². The molecule has 210 valence electrons. The van der Waals surface area contributed by atoms with E-state index >= 15 is 0 Å². The quantitative estimate of drug-likeness (QED) is 0.143. The molecule has 0 spiro atoms. The number of benzene rings is 4. The molecule has 0 aliphatic heterocycles. The molecule has 0 N–H and O–H groups in total. The van der Waals surface area contributed by atoms with Gasteiger partial charge in [-0.3, -0.25) is 9.13 Å². The minimum atomic E-state index is 0.516. The average Bonchev–Trinajstić information content (AvgIpc) is 3.63. The lowest BCUT2D eigenvalue weighted by molar-refractivity contribution is 0.869. The molecule has 0 bridgehead atoms. The van der Waals surface area contributed by atoms with Crippen molar-refractivity contribution in [2.75, 3.05) is 0 Å². The maximum absolute atomic E-state index is 6.26. The number of para-hydroxylation sites is 2. The van der Waals surface area contributed by atoms with Crippen LogP contribution in [0.1, 0.15) is 11.1 Å². The third-order valence-corrected chi connectivity index (χ3v) is 9.68. The van der Waals surface area contributed by atoms with Gasteiger partial charge in [0.15, 0.2) is 10.3 Å². The number of thioether (sulfide) groups is 2. The lowest BCUT2D eigenvalue weighted by Crippen LogP contribution is -2.05. The van der Waals surface area contributed by atoms with Crippen molar-refractivity contribution in [2.45, 2.75) is 21.8 Å². The molecule has 2 aromatic heterocycles. The standard InChI is InChI=1S/C30H20Cl4N6S2/c31-23-13-11-19(15-25(23)33)17-41-29-37-35-27(39(29)21-7-3-1-4-8-21)28-36-38-30(40(28)22-9-5-2-6-10-22)42-18-20-12-14-24(32)26(34)16-20/h1-16H,17-18H2. The minimum absolute atomic E-state index is 0.516. The molecular formula is C30H20Cl4N6S2. The molecule has 4 aromatic carbocycles. The number of aromatic nitrogens is 6. The number of nitrogens with zero attached hydrogens (tertiary/aromatic N) is 6. The van der Waals surface area contributed by atoms with Gasteiger partial charge in [0.1, 0.15) is 0 Å². The smallest absolute Gasteiger partial charge is 0.207 e. The predicted octanol–water partition coefficient (Wildman–Crippen LogP) is 9.71. The Morgan fingerprint density at radius 3 is 1.26 bits per heavy atom. The first-order valence-electron chi connectivity index (χ1n) is 12.6. The van der Waals surface area contributed by atoms with Gasteiger partial charge >= 0.3 is 0 Å². The Labute approximate surface area is 271 Å². The fourth-order valence-corrected chi connectivity index (χ4v) is 6.62. The van der Waals surface area contributed by atoms with Crippen molar-refractivity contribution in [3.63, 3.8) is 0 Å². The van der Waals surface area contributed by atoms with Crippen LogP contribution in [-0.4, -0.2) is 29.5 Å². The fraction of sp³-hybridized carbons (Fsp3) is 0.0667. The molecule has 42 heavy (non-hydrogen) atoms. The van der Waals surface area contributed by atoms with Gasteiger partial charge in [-0.1, -0.05) is 118 Å². The molecule has 0 saturated carbocycles. The molecule has 2 heterocycles. The topological polar surface area (TPSA) is 61.4 Å². The largest absolute Gasteiger partial charge is 0.267 e. The van der Waals surface area contributed by atoms with E-state index in [9.17, 15) is 0 Å². The molecule has 0 aliphatic carbocycles. The van der Waals surface area contributed by atoms with E-state index in [0.29, 0.717) is 53.6 Å². The first-order chi connectivity index (χ1) is 20.5. The molecule has 0 saturated heterocycles. The Hall–Kier alpha value is -2.98. The fourth-order valence-electron chi connectivity index (χ4n) is 4.19. The molecule has 6 aromatic rings. The van der Waals surface area contributed by atoms with Crippen molar-refractivity contribution in [1.82, 2.24) is 29.5 Å². The summed E-state index contributed by atoms with van der Waals surface area (Å²) in [5.41, 5.74) is 3.85. The zero-order chi connectivity index (χ0) is 29.1. The van der Waals surface area contributed by atoms with Crippen LogP contribution in [0.15, 0.2) is 107 Å².